The number of hydrogen-bond acceptors (Lipinski definition) is 3. The summed E-state index contributed by atoms with van der Waals surface area (Å²) in [5.41, 5.74) is 1.14. The van der Waals surface area contributed by atoms with Crippen molar-refractivity contribution >= 4 is 39.7 Å². The molecular formula is C15H17BrClFN2S. The molecular weight excluding hydrogens is 375 g/mol. The molecule has 1 saturated heterocycles. The zero-order valence-corrected chi connectivity index (χ0v) is 14.6. The smallest absolute Gasteiger partial charge is 0.137 e. The SMILES string of the molecule is Cl.Fc1ccc([C@@H](c2cccs2)N2CCNCC2)cc1Br. The van der Waals surface area contributed by atoms with Crippen LogP contribution < -0.4 is 5.32 Å². The van der Waals surface area contributed by atoms with E-state index in [2.05, 4.69) is 43.7 Å². The number of hydrogen-bond donors (Lipinski definition) is 1. The van der Waals surface area contributed by atoms with Crippen LogP contribution in [-0.4, -0.2) is 31.1 Å². The number of nitrogens with one attached hydrogen (secondary N) is 1. The molecule has 0 spiro atoms. The fourth-order valence-electron chi connectivity index (χ4n) is 2.62. The van der Waals surface area contributed by atoms with Crippen LogP contribution >= 0.6 is 39.7 Å². The van der Waals surface area contributed by atoms with E-state index < -0.39 is 0 Å². The highest BCUT2D eigenvalue weighted by Crippen LogP contribution is 2.33. The summed E-state index contributed by atoms with van der Waals surface area (Å²) in [5.74, 6) is -0.209. The third kappa shape index (κ3) is 3.85. The predicted molar refractivity (Wildman–Crippen MR) is 92.0 cm³/mol. The predicted octanol–water partition coefficient (Wildman–Crippen LogP) is 4.07. The lowest BCUT2D eigenvalue weighted by atomic mass is 10.0. The summed E-state index contributed by atoms with van der Waals surface area (Å²) in [6.07, 6.45) is 0. The Hall–Kier alpha value is -0.460. The van der Waals surface area contributed by atoms with Gasteiger partial charge in [-0.3, -0.25) is 4.90 Å². The van der Waals surface area contributed by atoms with Gasteiger partial charge < -0.3 is 5.32 Å². The van der Waals surface area contributed by atoms with Crippen LogP contribution in [0.25, 0.3) is 0 Å². The van der Waals surface area contributed by atoms with E-state index in [0.717, 1.165) is 31.7 Å². The lowest BCUT2D eigenvalue weighted by Gasteiger charge is -2.34. The molecule has 2 heterocycles. The van der Waals surface area contributed by atoms with Crippen LogP contribution in [0.4, 0.5) is 4.39 Å². The fraction of sp³-hybridized carbons (Fsp3) is 0.333. The molecule has 1 aromatic heterocycles. The van der Waals surface area contributed by atoms with Gasteiger partial charge in [0.05, 0.1) is 10.5 Å². The number of nitrogens with zero attached hydrogens (tertiary/aromatic N) is 1. The molecule has 0 amide bonds. The highest BCUT2D eigenvalue weighted by Gasteiger charge is 2.25. The monoisotopic (exact) mass is 390 g/mol. The Morgan fingerprint density at radius 3 is 2.62 bits per heavy atom. The van der Waals surface area contributed by atoms with Gasteiger partial charge in [0, 0.05) is 31.1 Å². The molecule has 0 unspecified atom stereocenters. The first kappa shape index (κ1) is 16.9. The van der Waals surface area contributed by atoms with Crippen molar-refractivity contribution < 1.29 is 4.39 Å². The van der Waals surface area contributed by atoms with Crippen molar-refractivity contribution in [1.82, 2.24) is 10.2 Å². The number of rotatable bonds is 3. The van der Waals surface area contributed by atoms with Crippen LogP contribution in [0.3, 0.4) is 0 Å². The second-order valence-corrected chi connectivity index (χ2v) is 6.71. The van der Waals surface area contributed by atoms with Gasteiger partial charge in [-0.1, -0.05) is 12.1 Å². The van der Waals surface area contributed by atoms with E-state index >= 15 is 0 Å². The summed E-state index contributed by atoms with van der Waals surface area (Å²) in [4.78, 5) is 3.77. The highest BCUT2D eigenvalue weighted by molar-refractivity contribution is 9.10. The minimum absolute atomic E-state index is 0. The molecule has 6 heteroatoms. The number of benzene rings is 1. The standard InChI is InChI=1S/C15H16BrFN2S.ClH/c16-12-10-11(3-4-13(12)17)15(14-2-1-9-20-14)19-7-5-18-6-8-19;/h1-4,9-10,15,18H,5-8H2;1H/t15-;/m0./s1. The molecule has 0 radical (unpaired) electrons. The molecule has 3 rings (SSSR count). The minimum atomic E-state index is -0.209. The highest BCUT2D eigenvalue weighted by atomic mass is 79.9. The first-order chi connectivity index (χ1) is 9.75. The molecule has 0 aliphatic carbocycles. The van der Waals surface area contributed by atoms with E-state index in [4.69, 9.17) is 0 Å². The van der Waals surface area contributed by atoms with Crippen molar-refractivity contribution in [1.29, 1.82) is 0 Å². The fourth-order valence-corrected chi connectivity index (χ4v) is 3.91. The second kappa shape index (κ2) is 7.70. The van der Waals surface area contributed by atoms with Crippen LogP contribution in [0.5, 0.6) is 0 Å². The summed E-state index contributed by atoms with van der Waals surface area (Å²) < 4.78 is 14.0. The van der Waals surface area contributed by atoms with Crippen molar-refractivity contribution in [3.8, 4) is 0 Å². The Balaban J connectivity index is 0.00000161. The molecule has 1 fully saturated rings. The maximum atomic E-state index is 13.5. The van der Waals surface area contributed by atoms with Gasteiger partial charge in [-0.15, -0.1) is 23.7 Å². The third-order valence-corrected chi connectivity index (χ3v) is 5.12. The van der Waals surface area contributed by atoms with Crippen molar-refractivity contribution in [2.24, 2.45) is 0 Å². The summed E-state index contributed by atoms with van der Waals surface area (Å²) in [6, 6.07) is 9.80. The number of halogens is 3. The van der Waals surface area contributed by atoms with Gasteiger partial charge in [0.15, 0.2) is 0 Å². The molecule has 21 heavy (non-hydrogen) atoms. The van der Waals surface area contributed by atoms with Crippen LogP contribution in [0, 0.1) is 5.82 Å². The first-order valence-electron chi connectivity index (χ1n) is 6.69. The molecule has 1 aliphatic heterocycles. The Bertz CT molecular complexity index is 573. The van der Waals surface area contributed by atoms with Gasteiger partial charge in [-0.05, 0) is 45.1 Å². The Morgan fingerprint density at radius 2 is 2.00 bits per heavy atom. The maximum Gasteiger partial charge on any atom is 0.137 e. The lowest BCUT2D eigenvalue weighted by Crippen LogP contribution is -2.45. The summed E-state index contributed by atoms with van der Waals surface area (Å²) in [5, 5.41) is 5.48. The number of piperazine rings is 1. The molecule has 1 aromatic carbocycles. The Kier molecular flexibility index (Phi) is 6.20. The van der Waals surface area contributed by atoms with E-state index in [9.17, 15) is 4.39 Å². The zero-order chi connectivity index (χ0) is 13.9. The van der Waals surface area contributed by atoms with Crippen LogP contribution in [0.15, 0.2) is 40.2 Å². The molecule has 2 aromatic rings. The third-order valence-electron chi connectivity index (χ3n) is 3.59. The topological polar surface area (TPSA) is 15.3 Å². The zero-order valence-electron chi connectivity index (χ0n) is 11.4. The molecule has 1 atom stereocenters. The van der Waals surface area contributed by atoms with Gasteiger partial charge in [-0.2, -0.15) is 0 Å². The summed E-state index contributed by atoms with van der Waals surface area (Å²) in [7, 11) is 0. The maximum absolute atomic E-state index is 13.5. The average molecular weight is 392 g/mol. The summed E-state index contributed by atoms with van der Waals surface area (Å²) in [6.45, 7) is 4.03. The van der Waals surface area contributed by atoms with Crippen molar-refractivity contribution in [2.45, 2.75) is 6.04 Å². The van der Waals surface area contributed by atoms with Crippen molar-refractivity contribution in [3.63, 3.8) is 0 Å². The van der Waals surface area contributed by atoms with Crippen molar-refractivity contribution in [2.75, 3.05) is 26.2 Å². The van der Waals surface area contributed by atoms with E-state index in [0.29, 0.717) is 4.47 Å². The largest absolute Gasteiger partial charge is 0.314 e. The average Bonchev–Trinajstić information content (AvgIpc) is 2.98. The van der Waals surface area contributed by atoms with Crippen LogP contribution in [-0.2, 0) is 0 Å². The van der Waals surface area contributed by atoms with E-state index in [-0.39, 0.29) is 24.3 Å². The van der Waals surface area contributed by atoms with Crippen molar-refractivity contribution in [3.05, 3.63) is 56.4 Å². The molecule has 1 N–H and O–H groups in total. The van der Waals surface area contributed by atoms with Gasteiger partial charge in [-0.25, -0.2) is 4.39 Å². The first-order valence-corrected chi connectivity index (χ1v) is 8.36. The molecule has 2 nitrogen and oxygen atoms in total. The Morgan fingerprint density at radius 1 is 1.24 bits per heavy atom. The van der Waals surface area contributed by atoms with E-state index in [1.54, 1.807) is 17.4 Å². The summed E-state index contributed by atoms with van der Waals surface area (Å²) >= 11 is 5.06. The van der Waals surface area contributed by atoms with Crippen LogP contribution in [0.2, 0.25) is 0 Å². The Labute approximate surface area is 142 Å². The lowest BCUT2D eigenvalue weighted by molar-refractivity contribution is 0.200. The molecule has 0 saturated carbocycles. The molecule has 114 valence electrons. The quantitative estimate of drug-likeness (QED) is 0.848. The van der Waals surface area contributed by atoms with Gasteiger partial charge >= 0.3 is 0 Å². The van der Waals surface area contributed by atoms with E-state index in [1.807, 2.05) is 12.1 Å². The van der Waals surface area contributed by atoms with Gasteiger partial charge in [0.25, 0.3) is 0 Å². The normalized spacial score (nSPS) is 17.2. The number of thiophene rings is 1. The molecule has 0 bridgehead atoms. The minimum Gasteiger partial charge on any atom is -0.314 e. The van der Waals surface area contributed by atoms with Crippen LogP contribution in [0.1, 0.15) is 16.5 Å². The molecule has 1 aliphatic rings. The van der Waals surface area contributed by atoms with Gasteiger partial charge in [0.1, 0.15) is 5.82 Å². The van der Waals surface area contributed by atoms with Gasteiger partial charge in [0.2, 0.25) is 0 Å². The van der Waals surface area contributed by atoms with E-state index in [1.165, 1.54) is 4.88 Å². The second-order valence-electron chi connectivity index (χ2n) is 4.88.